The van der Waals surface area contributed by atoms with E-state index in [0.717, 1.165) is 12.8 Å². The first kappa shape index (κ1) is 12.9. The molecule has 0 aromatic rings. The Hall–Kier alpha value is -0.130. The van der Waals surface area contributed by atoms with Crippen molar-refractivity contribution in [2.45, 2.75) is 39.2 Å². The lowest BCUT2D eigenvalue weighted by Gasteiger charge is -2.11. The monoisotopic (exact) mass is 209 g/mol. The molecule has 0 spiro atoms. The molecule has 0 aromatic carbocycles. The standard InChI is InChI=1S/C8H19NO3S/c1-3-5-8(2)9-6-4-7-13(10,11)12/h8-9H,3-7H2,1-2H3,(H,10,11,12). The normalized spacial score (nSPS) is 14.4. The van der Waals surface area contributed by atoms with Crippen molar-refractivity contribution in [3.8, 4) is 0 Å². The van der Waals surface area contributed by atoms with Gasteiger partial charge in [0.1, 0.15) is 0 Å². The molecule has 1 atom stereocenters. The van der Waals surface area contributed by atoms with Gasteiger partial charge in [-0.3, -0.25) is 4.55 Å². The molecule has 0 aromatic heterocycles. The number of rotatable bonds is 7. The van der Waals surface area contributed by atoms with E-state index in [1.165, 1.54) is 0 Å². The average molecular weight is 209 g/mol. The molecule has 13 heavy (non-hydrogen) atoms. The van der Waals surface area contributed by atoms with Gasteiger partial charge in [-0.05, 0) is 26.3 Å². The summed E-state index contributed by atoms with van der Waals surface area (Å²) in [5.41, 5.74) is 0. The topological polar surface area (TPSA) is 66.4 Å². The van der Waals surface area contributed by atoms with Crippen LogP contribution in [0.1, 0.15) is 33.1 Å². The zero-order valence-corrected chi connectivity index (χ0v) is 9.10. The van der Waals surface area contributed by atoms with Crippen LogP contribution in [0, 0.1) is 0 Å². The Labute approximate surface area is 80.5 Å². The van der Waals surface area contributed by atoms with Crippen molar-refractivity contribution >= 4 is 10.1 Å². The van der Waals surface area contributed by atoms with E-state index in [9.17, 15) is 8.42 Å². The van der Waals surface area contributed by atoms with Crippen LogP contribution in [0.25, 0.3) is 0 Å². The summed E-state index contributed by atoms with van der Waals surface area (Å²) in [7, 11) is -3.77. The molecule has 0 fully saturated rings. The maximum atomic E-state index is 10.3. The quantitative estimate of drug-likeness (QED) is 0.486. The molecule has 0 aliphatic heterocycles. The maximum Gasteiger partial charge on any atom is 0.264 e. The lowest BCUT2D eigenvalue weighted by atomic mass is 10.2. The van der Waals surface area contributed by atoms with Crippen molar-refractivity contribution < 1.29 is 13.0 Å². The van der Waals surface area contributed by atoms with Crippen LogP contribution < -0.4 is 5.32 Å². The summed E-state index contributed by atoms with van der Waals surface area (Å²) in [6.07, 6.45) is 2.67. The van der Waals surface area contributed by atoms with Crippen LogP contribution in [0.5, 0.6) is 0 Å². The third-order valence-corrected chi connectivity index (χ3v) is 2.60. The van der Waals surface area contributed by atoms with Crippen LogP contribution >= 0.6 is 0 Å². The smallest absolute Gasteiger partial charge is 0.264 e. The van der Waals surface area contributed by atoms with Gasteiger partial charge >= 0.3 is 0 Å². The fourth-order valence-electron chi connectivity index (χ4n) is 1.14. The fourth-order valence-corrected chi connectivity index (χ4v) is 1.65. The minimum atomic E-state index is -3.77. The first-order valence-corrected chi connectivity index (χ1v) is 6.25. The highest BCUT2D eigenvalue weighted by Gasteiger charge is 2.04. The van der Waals surface area contributed by atoms with Gasteiger partial charge in [0.05, 0.1) is 5.75 Å². The zero-order chi connectivity index (χ0) is 10.3. The van der Waals surface area contributed by atoms with Crippen molar-refractivity contribution in [2.24, 2.45) is 0 Å². The summed E-state index contributed by atoms with van der Waals surface area (Å²) >= 11 is 0. The summed E-state index contributed by atoms with van der Waals surface area (Å²) in [4.78, 5) is 0. The molecule has 0 aliphatic rings. The van der Waals surface area contributed by atoms with E-state index in [1.54, 1.807) is 0 Å². The molecule has 1 unspecified atom stereocenters. The van der Waals surface area contributed by atoms with Crippen LogP contribution in [0.4, 0.5) is 0 Å². The van der Waals surface area contributed by atoms with E-state index in [4.69, 9.17) is 4.55 Å². The van der Waals surface area contributed by atoms with Crippen molar-refractivity contribution in [3.63, 3.8) is 0 Å². The second-order valence-electron chi connectivity index (χ2n) is 3.28. The largest absolute Gasteiger partial charge is 0.314 e. The second-order valence-corrected chi connectivity index (χ2v) is 4.86. The molecule has 0 amide bonds. The Kier molecular flexibility index (Phi) is 6.28. The summed E-state index contributed by atoms with van der Waals surface area (Å²) in [6.45, 7) is 4.81. The van der Waals surface area contributed by atoms with Gasteiger partial charge in [-0.2, -0.15) is 8.42 Å². The van der Waals surface area contributed by atoms with E-state index >= 15 is 0 Å². The van der Waals surface area contributed by atoms with Crippen molar-refractivity contribution in [2.75, 3.05) is 12.3 Å². The molecule has 80 valence electrons. The third kappa shape index (κ3) is 9.79. The van der Waals surface area contributed by atoms with Gasteiger partial charge in [0.2, 0.25) is 0 Å². The van der Waals surface area contributed by atoms with Crippen LogP contribution in [-0.4, -0.2) is 31.3 Å². The molecule has 0 aliphatic carbocycles. The number of hydrogen-bond acceptors (Lipinski definition) is 3. The molecule has 0 heterocycles. The predicted octanol–water partition coefficient (Wildman–Crippen LogP) is 1.04. The minimum Gasteiger partial charge on any atom is -0.314 e. The van der Waals surface area contributed by atoms with Crippen LogP contribution in [0.3, 0.4) is 0 Å². The molecule has 5 heteroatoms. The highest BCUT2D eigenvalue weighted by Crippen LogP contribution is 1.95. The van der Waals surface area contributed by atoms with E-state index in [-0.39, 0.29) is 5.75 Å². The lowest BCUT2D eigenvalue weighted by molar-refractivity contribution is 0.472. The van der Waals surface area contributed by atoms with Crippen LogP contribution in [-0.2, 0) is 10.1 Å². The average Bonchev–Trinajstić information content (AvgIpc) is 1.97. The molecule has 2 N–H and O–H groups in total. The number of hydrogen-bond donors (Lipinski definition) is 2. The highest BCUT2D eigenvalue weighted by atomic mass is 32.2. The second kappa shape index (κ2) is 6.34. The molecule has 0 saturated heterocycles. The van der Waals surface area contributed by atoms with Crippen molar-refractivity contribution in [1.29, 1.82) is 0 Å². The van der Waals surface area contributed by atoms with Gasteiger partial charge in [0.25, 0.3) is 10.1 Å². The maximum absolute atomic E-state index is 10.3. The Morgan fingerprint density at radius 1 is 1.46 bits per heavy atom. The summed E-state index contributed by atoms with van der Waals surface area (Å²) in [5, 5.41) is 3.18. The van der Waals surface area contributed by atoms with E-state index < -0.39 is 10.1 Å². The van der Waals surface area contributed by atoms with Crippen LogP contribution in [0.2, 0.25) is 0 Å². The third-order valence-electron chi connectivity index (χ3n) is 1.79. The minimum absolute atomic E-state index is 0.154. The van der Waals surface area contributed by atoms with Gasteiger partial charge in [0.15, 0.2) is 0 Å². The molecule has 0 radical (unpaired) electrons. The molecular weight excluding hydrogens is 190 g/mol. The van der Waals surface area contributed by atoms with E-state index in [1.807, 2.05) is 0 Å². The first-order valence-electron chi connectivity index (χ1n) is 4.64. The SMILES string of the molecule is CCCC(C)NCCCS(=O)(=O)O. The van der Waals surface area contributed by atoms with E-state index in [0.29, 0.717) is 19.0 Å². The zero-order valence-electron chi connectivity index (χ0n) is 8.28. The van der Waals surface area contributed by atoms with Crippen molar-refractivity contribution in [1.82, 2.24) is 5.32 Å². The van der Waals surface area contributed by atoms with Gasteiger partial charge in [-0.15, -0.1) is 0 Å². The van der Waals surface area contributed by atoms with Gasteiger partial charge < -0.3 is 5.32 Å². The summed E-state index contributed by atoms with van der Waals surface area (Å²) in [5.74, 6) is -0.154. The molecule has 0 saturated carbocycles. The summed E-state index contributed by atoms with van der Waals surface area (Å²) in [6, 6.07) is 0.423. The molecule has 0 bridgehead atoms. The van der Waals surface area contributed by atoms with Gasteiger partial charge in [0, 0.05) is 6.04 Å². The number of nitrogens with one attached hydrogen (secondary N) is 1. The van der Waals surface area contributed by atoms with Crippen molar-refractivity contribution in [3.05, 3.63) is 0 Å². The highest BCUT2D eigenvalue weighted by molar-refractivity contribution is 7.85. The molecular formula is C8H19NO3S. The van der Waals surface area contributed by atoms with Gasteiger partial charge in [-0.1, -0.05) is 13.3 Å². The Morgan fingerprint density at radius 2 is 2.08 bits per heavy atom. The lowest BCUT2D eigenvalue weighted by Crippen LogP contribution is -2.27. The Morgan fingerprint density at radius 3 is 2.54 bits per heavy atom. The Balaban J connectivity index is 3.36. The Bertz CT molecular complexity index is 213. The summed E-state index contributed by atoms with van der Waals surface area (Å²) < 4.78 is 29.1. The van der Waals surface area contributed by atoms with Crippen LogP contribution in [0.15, 0.2) is 0 Å². The fraction of sp³-hybridized carbons (Fsp3) is 1.00. The van der Waals surface area contributed by atoms with Gasteiger partial charge in [-0.25, -0.2) is 0 Å². The predicted molar refractivity (Wildman–Crippen MR) is 53.4 cm³/mol. The molecule has 0 rings (SSSR count). The first-order chi connectivity index (χ1) is 5.95. The van der Waals surface area contributed by atoms with E-state index in [2.05, 4.69) is 19.2 Å². The molecule has 4 nitrogen and oxygen atoms in total.